The molecule has 0 aliphatic heterocycles. The molecule has 20 heavy (non-hydrogen) atoms. The predicted octanol–water partition coefficient (Wildman–Crippen LogP) is 3.60. The molecular weight excluding hydrogens is 250 g/mol. The lowest BCUT2D eigenvalue weighted by Gasteiger charge is -2.31. The van der Waals surface area contributed by atoms with Crippen molar-refractivity contribution in [3.63, 3.8) is 0 Å². The summed E-state index contributed by atoms with van der Waals surface area (Å²) < 4.78 is 6.17. The SMILES string of the molecule is CNc1cc(OC2CC(C)CC(C)C2)nc(C2CC2)n1. The number of hydrogen-bond acceptors (Lipinski definition) is 4. The van der Waals surface area contributed by atoms with Crippen molar-refractivity contribution in [1.29, 1.82) is 0 Å². The Morgan fingerprint density at radius 1 is 1.10 bits per heavy atom. The molecule has 4 nitrogen and oxygen atoms in total. The van der Waals surface area contributed by atoms with Crippen LogP contribution in [0.2, 0.25) is 0 Å². The van der Waals surface area contributed by atoms with Crippen molar-refractivity contribution in [2.75, 3.05) is 12.4 Å². The van der Waals surface area contributed by atoms with Crippen molar-refractivity contribution in [2.45, 2.75) is 58.0 Å². The summed E-state index contributed by atoms with van der Waals surface area (Å²) in [5.41, 5.74) is 0. The standard InChI is InChI=1S/C16H25N3O/c1-10-6-11(2)8-13(7-10)20-15-9-14(17-3)18-16(19-15)12-4-5-12/h9-13H,4-8H2,1-3H3,(H,17,18,19). The molecular formula is C16H25N3O. The lowest BCUT2D eigenvalue weighted by Crippen LogP contribution is -2.28. The van der Waals surface area contributed by atoms with Crippen LogP contribution in [0.3, 0.4) is 0 Å². The number of nitrogens with zero attached hydrogens (tertiary/aromatic N) is 2. The third-order valence-electron chi connectivity index (χ3n) is 4.34. The Morgan fingerprint density at radius 3 is 2.40 bits per heavy atom. The van der Waals surface area contributed by atoms with E-state index in [1.54, 1.807) is 0 Å². The fraction of sp³-hybridized carbons (Fsp3) is 0.750. The highest BCUT2D eigenvalue weighted by atomic mass is 16.5. The minimum absolute atomic E-state index is 0.306. The first-order valence-electron chi connectivity index (χ1n) is 7.87. The number of nitrogens with one attached hydrogen (secondary N) is 1. The van der Waals surface area contributed by atoms with Gasteiger partial charge in [0.25, 0.3) is 0 Å². The van der Waals surface area contributed by atoms with E-state index in [1.165, 1.54) is 19.3 Å². The van der Waals surface area contributed by atoms with Crippen LogP contribution in [0.1, 0.15) is 57.7 Å². The molecule has 2 aliphatic carbocycles. The molecule has 0 spiro atoms. The third kappa shape index (κ3) is 3.22. The van der Waals surface area contributed by atoms with Crippen molar-refractivity contribution < 1.29 is 4.74 Å². The van der Waals surface area contributed by atoms with E-state index in [2.05, 4.69) is 29.1 Å². The van der Waals surface area contributed by atoms with Gasteiger partial charge in [0.15, 0.2) is 0 Å². The van der Waals surface area contributed by atoms with Gasteiger partial charge in [0, 0.05) is 19.0 Å². The summed E-state index contributed by atoms with van der Waals surface area (Å²) >= 11 is 0. The summed E-state index contributed by atoms with van der Waals surface area (Å²) in [6, 6.07) is 1.93. The zero-order valence-corrected chi connectivity index (χ0v) is 12.7. The average Bonchev–Trinajstić information content (AvgIpc) is 3.21. The van der Waals surface area contributed by atoms with Crippen LogP contribution in [-0.2, 0) is 0 Å². The van der Waals surface area contributed by atoms with Gasteiger partial charge in [-0.3, -0.25) is 0 Å². The van der Waals surface area contributed by atoms with Crippen LogP contribution >= 0.6 is 0 Å². The number of anilines is 1. The fourth-order valence-electron chi connectivity index (χ4n) is 3.30. The van der Waals surface area contributed by atoms with Crippen LogP contribution in [0, 0.1) is 11.8 Å². The van der Waals surface area contributed by atoms with Gasteiger partial charge in [0.05, 0.1) is 0 Å². The summed E-state index contributed by atoms with van der Waals surface area (Å²) in [6.07, 6.45) is 6.33. The molecule has 2 aliphatic rings. The number of aromatic nitrogens is 2. The van der Waals surface area contributed by atoms with Gasteiger partial charge >= 0.3 is 0 Å². The fourth-order valence-corrected chi connectivity index (χ4v) is 3.30. The Hall–Kier alpha value is -1.32. The quantitative estimate of drug-likeness (QED) is 0.912. The lowest BCUT2D eigenvalue weighted by atomic mass is 9.82. The summed E-state index contributed by atoms with van der Waals surface area (Å²) in [6.45, 7) is 4.64. The van der Waals surface area contributed by atoms with Crippen LogP contribution in [0.25, 0.3) is 0 Å². The van der Waals surface area contributed by atoms with E-state index in [9.17, 15) is 0 Å². The first-order chi connectivity index (χ1) is 9.64. The molecule has 1 N–H and O–H groups in total. The van der Waals surface area contributed by atoms with Crippen LogP contribution in [0.4, 0.5) is 5.82 Å². The molecule has 3 rings (SSSR count). The Kier molecular flexibility index (Phi) is 3.81. The van der Waals surface area contributed by atoms with Crippen molar-refractivity contribution >= 4 is 5.82 Å². The molecule has 1 aromatic heterocycles. The topological polar surface area (TPSA) is 47.0 Å². The van der Waals surface area contributed by atoms with Crippen LogP contribution < -0.4 is 10.1 Å². The van der Waals surface area contributed by atoms with Crippen LogP contribution in [0.15, 0.2) is 6.07 Å². The predicted molar refractivity (Wildman–Crippen MR) is 80.1 cm³/mol. The molecule has 2 fully saturated rings. The van der Waals surface area contributed by atoms with E-state index >= 15 is 0 Å². The molecule has 0 aromatic carbocycles. The molecule has 1 heterocycles. The third-order valence-corrected chi connectivity index (χ3v) is 4.34. The van der Waals surface area contributed by atoms with Crippen molar-refractivity contribution in [2.24, 2.45) is 11.8 Å². The van der Waals surface area contributed by atoms with Gasteiger partial charge in [-0.15, -0.1) is 0 Å². The van der Waals surface area contributed by atoms with Gasteiger partial charge < -0.3 is 10.1 Å². The molecule has 0 radical (unpaired) electrons. The summed E-state index contributed by atoms with van der Waals surface area (Å²) in [5, 5.41) is 3.11. The van der Waals surface area contributed by atoms with Crippen molar-refractivity contribution in [3.05, 3.63) is 11.9 Å². The molecule has 2 atom stereocenters. The molecule has 110 valence electrons. The smallest absolute Gasteiger partial charge is 0.219 e. The first kappa shape index (κ1) is 13.7. The lowest BCUT2D eigenvalue weighted by molar-refractivity contribution is 0.0964. The minimum atomic E-state index is 0.306. The molecule has 2 saturated carbocycles. The molecule has 4 heteroatoms. The zero-order chi connectivity index (χ0) is 14.1. The largest absolute Gasteiger partial charge is 0.474 e. The van der Waals surface area contributed by atoms with Crippen LogP contribution in [0.5, 0.6) is 5.88 Å². The maximum atomic E-state index is 6.17. The Bertz CT molecular complexity index is 463. The van der Waals surface area contributed by atoms with E-state index in [0.29, 0.717) is 12.0 Å². The van der Waals surface area contributed by atoms with E-state index in [1.807, 2.05) is 13.1 Å². The van der Waals surface area contributed by atoms with Crippen molar-refractivity contribution in [3.8, 4) is 5.88 Å². The van der Waals surface area contributed by atoms with E-state index in [4.69, 9.17) is 4.74 Å². The van der Waals surface area contributed by atoms with Gasteiger partial charge in [-0.25, -0.2) is 4.98 Å². The Morgan fingerprint density at radius 2 is 1.80 bits per heavy atom. The van der Waals surface area contributed by atoms with Crippen molar-refractivity contribution in [1.82, 2.24) is 9.97 Å². The summed E-state index contributed by atoms with van der Waals surface area (Å²) in [7, 11) is 1.90. The van der Waals surface area contributed by atoms with Gasteiger partial charge in [0.2, 0.25) is 5.88 Å². The number of ether oxygens (including phenoxy) is 1. The molecule has 0 amide bonds. The average molecular weight is 275 g/mol. The molecule has 2 unspecified atom stereocenters. The second kappa shape index (κ2) is 5.58. The van der Waals surface area contributed by atoms with E-state index in [-0.39, 0.29) is 0 Å². The van der Waals surface area contributed by atoms with E-state index in [0.717, 1.165) is 42.2 Å². The minimum Gasteiger partial charge on any atom is -0.474 e. The van der Waals surface area contributed by atoms with Gasteiger partial charge in [-0.2, -0.15) is 4.98 Å². The summed E-state index contributed by atoms with van der Waals surface area (Å²) in [4.78, 5) is 9.15. The van der Waals surface area contributed by atoms with Gasteiger partial charge in [-0.05, 0) is 43.9 Å². The highest BCUT2D eigenvalue weighted by Crippen LogP contribution is 2.39. The summed E-state index contributed by atoms with van der Waals surface area (Å²) in [5.74, 6) is 4.61. The highest BCUT2D eigenvalue weighted by Gasteiger charge is 2.29. The maximum Gasteiger partial charge on any atom is 0.219 e. The second-order valence-electron chi connectivity index (χ2n) is 6.63. The monoisotopic (exact) mass is 275 g/mol. The number of hydrogen-bond donors (Lipinski definition) is 1. The van der Waals surface area contributed by atoms with Gasteiger partial charge in [0.1, 0.15) is 17.7 Å². The molecule has 1 aromatic rings. The first-order valence-corrected chi connectivity index (χ1v) is 7.87. The van der Waals surface area contributed by atoms with Gasteiger partial charge in [-0.1, -0.05) is 13.8 Å². The molecule has 0 saturated heterocycles. The highest BCUT2D eigenvalue weighted by molar-refractivity contribution is 5.38. The Labute approximate surface area is 121 Å². The number of rotatable bonds is 4. The normalized spacial score (nSPS) is 30.1. The maximum absolute atomic E-state index is 6.17. The van der Waals surface area contributed by atoms with E-state index < -0.39 is 0 Å². The second-order valence-corrected chi connectivity index (χ2v) is 6.63. The zero-order valence-electron chi connectivity index (χ0n) is 12.7. The van der Waals surface area contributed by atoms with Crippen LogP contribution in [-0.4, -0.2) is 23.1 Å². The molecule has 0 bridgehead atoms. The Balaban J connectivity index is 1.74.